The van der Waals surface area contributed by atoms with E-state index in [9.17, 15) is 24.5 Å². The molecule has 0 fully saturated rings. The van der Waals surface area contributed by atoms with Gasteiger partial charge in [0.15, 0.2) is 0 Å². The summed E-state index contributed by atoms with van der Waals surface area (Å²) in [5.74, 6) is -1.19. The lowest BCUT2D eigenvalue weighted by molar-refractivity contribution is -0.384. The zero-order chi connectivity index (χ0) is 29.2. The van der Waals surface area contributed by atoms with Crippen molar-refractivity contribution in [2.75, 3.05) is 10.6 Å². The quantitative estimate of drug-likeness (QED) is 0.0917. The maximum Gasteiger partial charge on any atom is 0.272 e. The number of nitro benzene ring substituents is 1. The minimum atomic E-state index is -0.580. The van der Waals surface area contributed by atoms with E-state index in [-0.39, 0.29) is 22.5 Å². The van der Waals surface area contributed by atoms with E-state index in [2.05, 4.69) is 16.0 Å². The van der Waals surface area contributed by atoms with Gasteiger partial charge in [-0.3, -0.25) is 24.5 Å². The van der Waals surface area contributed by atoms with Crippen molar-refractivity contribution >= 4 is 52.6 Å². The Labute approximate surface area is 240 Å². The smallest absolute Gasteiger partial charge is 0.272 e. The summed E-state index contributed by atoms with van der Waals surface area (Å²) in [6.45, 7) is 1.81. The number of non-ortho nitro benzene ring substituents is 1. The molecular formula is C31H26N4O5S. The first-order valence-electron chi connectivity index (χ1n) is 12.5. The molecule has 0 saturated carbocycles. The highest BCUT2D eigenvalue weighted by Crippen LogP contribution is 2.26. The van der Waals surface area contributed by atoms with Crippen LogP contribution in [-0.4, -0.2) is 27.9 Å². The first-order chi connectivity index (χ1) is 19.8. The fourth-order valence-corrected chi connectivity index (χ4v) is 4.51. The summed E-state index contributed by atoms with van der Waals surface area (Å²) in [5.41, 5.74) is 1.92. The third-order valence-corrected chi connectivity index (χ3v) is 6.89. The van der Waals surface area contributed by atoms with Gasteiger partial charge in [-0.1, -0.05) is 36.4 Å². The minimum Gasteiger partial charge on any atom is -0.325 e. The molecule has 0 aliphatic heterocycles. The molecule has 1 unspecified atom stereocenters. The number of para-hydroxylation sites is 1. The van der Waals surface area contributed by atoms with Gasteiger partial charge >= 0.3 is 0 Å². The molecule has 4 aromatic rings. The second-order valence-electron chi connectivity index (χ2n) is 8.82. The van der Waals surface area contributed by atoms with Gasteiger partial charge in [0.2, 0.25) is 5.91 Å². The van der Waals surface area contributed by atoms with Crippen molar-refractivity contribution in [1.29, 1.82) is 0 Å². The third kappa shape index (κ3) is 8.38. The number of nitrogens with one attached hydrogen (secondary N) is 3. The minimum absolute atomic E-state index is 0.0441. The molecule has 3 N–H and O–H groups in total. The zero-order valence-corrected chi connectivity index (χ0v) is 22.8. The second kappa shape index (κ2) is 13.7. The number of hydrogen-bond acceptors (Lipinski definition) is 6. The van der Waals surface area contributed by atoms with Crippen molar-refractivity contribution in [3.05, 3.63) is 136 Å². The Kier molecular flexibility index (Phi) is 9.63. The van der Waals surface area contributed by atoms with Crippen LogP contribution in [0, 0.1) is 10.1 Å². The van der Waals surface area contributed by atoms with Gasteiger partial charge in [-0.2, -0.15) is 0 Å². The van der Waals surface area contributed by atoms with Crippen molar-refractivity contribution in [2.24, 2.45) is 0 Å². The zero-order valence-electron chi connectivity index (χ0n) is 21.9. The van der Waals surface area contributed by atoms with Crippen LogP contribution >= 0.6 is 11.8 Å². The maximum atomic E-state index is 13.2. The van der Waals surface area contributed by atoms with E-state index >= 15 is 0 Å². The predicted octanol–water partition coefficient (Wildman–Crippen LogP) is 6.12. The fraction of sp³-hybridized carbons (Fsp3) is 0.0645. The molecule has 0 aromatic heterocycles. The van der Waals surface area contributed by atoms with Crippen LogP contribution in [0.2, 0.25) is 0 Å². The Balaban J connectivity index is 1.45. The molecule has 0 spiro atoms. The molecule has 0 radical (unpaired) electrons. The van der Waals surface area contributed by atoms with Crippen molar-refractivity contribution in [3.63, 3.8) is 0 Å². The van der Waals surface area contributed by atoms with Gasteiger partial charge in [0.05, 0.1) is 10.2 Å². The summed E-state index contributed by atoms with van der Waals surface area (Å²) < 4.78 is 0. The summed E-state index contributed by atoms with van der Waals surface area (Å²) in [7, 11) is 0. The number of amides is 3. The van der Waals surface area contributed by atoms with Crippen LogP contribution in [0.1, 0.15) is 22.8 Å². The van der Waals surface area contributed by atoms with Crippen LogP contribution in [0.4, 0.5) is 17.1 Å². The van der Waals surface area contributed by atoms with Crippen molar-refractivity contribution in [1.82, 2.24) is 5.32 Å². The summed E-state index contributed by atoms with van der Waals surface area (Å²) in [6, 6.07) is 30.2. The molecule has 10 heteroatoms. The predicted molar refractivity (Wildman–Crippen MR) is 160 cm³/mol. The van der Waals surface area contributed by atoms with E-state index in [1.165, 1.54) is 42.1 Å². The average molecular weight is 567 g/mol. The Hall–Kier alpha value is -5.22. The molecule has 4 aromatic carbocycles. The maximum absolute atomic E-state index is 13.2. The molecule has 4 rings (SSSR count). The van der Waals surface area contributed by atoms with Gasteiger partial charge < -0.3 is 16.0 Å². The Morgan fingerprint density at radius 3 is 1.98 bits per heavy atom. The Bertz CT molecular complexity index is 1560. The van der Waals surface area contributed by atoms with Gasteiger partial charge in [-0.05, 0) is 79.2 Å². The highest BCUT2D eigenvalue weighted by molar-refractivity contribution is 8.00. The molecule has 3 amide bonds. The average Bonchev–Trinajstić information content (AvgIpc) is 2.99. The lowest BCUT2D eigenvalue weighted by Gasteiger charge is -2.13. The van der Waals surface area contributed by atoms with E-state index in [1.54, 1.807) is 54.6 Å². The van der Waals surface area contributed by atoms with Gasteiger partial charge in [0.25, 0.3) is 17.5 Å². The molecule has 1 atom stereocenters. The van der Waals surface area contributed by atoms with Crippen LogP contribution in [0.5, 0.6) is 0 Å². The molecular weight excluding hydrogens is 540 g/mol. The fourth-order valence-electron chi connectivity index (χ4n) is 3.64. The second-order valence-corrected chi connectivity index (χ2v) is 10.2. The van der Waals surface area contributed by atoms with Crippen LogP contribution in [0.3, 0.4) is 0 Å². The summed E-state index contributed by atoms with van der Waals surface area (Å²) in [4.78, 5) is 49.9. The molecule has 0 aliphatic rings. The molecule has 0 aliphatic carbocycles. The number of benzene rings is 4. The normalized spacial score (nSPS) is 11.7. The van der Waals surface area contributed by atoms with E-state index < -0.39 is 16.7 Å². The number of nitro groups is 1. The van der Waals surface area contributed by atoms with E-state index in [0.717, 1.165) is 10.6 Å². The van der Waals surface area contributed by atoms with Crippen molar-refractivity contribution in [2.45, 2.75) is 17.1 Å². The molecule has 9 nitrogen and oxygen atoms in total. The molecule has 0 heterocycles. The van der Waals surface area contributed by atoms with Crippen LogP contribution < -0.4 is 16.0 Å². The summed E-state index contributed by atoms with van der Waals surface area (Å²) in [5, 5.41) is 18.9. The van der Waals surface area contributed by atoms with Crippen LogP contribution in [-0.2, 0) is 9.59 Å². The van der Waals surface area contributed by atoms with Gasteiger partial charge in [0.1, 0.15) is 5.70 Å². The monoisotopic (exact) mass is 566 g/mol. The summed E-state index contributed by atoms with van der Waals surface area (Å²) in [6.07, 6.45) is 1.44. The number of anilines is 2. The highest BCUT2D eigenvalue weighted by atomic mass is 32.2. The van der Waals surface area contributed by atoms with Gasteiger partial charge in [-0.15, -0.1) is 11.8 Å². The number of carbonyl (C=O) groups is 3. The van der Waals surface area contributed by atoms with Crippen molar-refractivity contribution in [3.8, 4) is 0 Å². The van der Waals surface area contributed by atoms with E-state index in [1.807, 2.05) is 37.3 Å². The van der Waals surface area contributed by atoms with E-state index in [0.29, 0.717) is 16.8 Å². The number of rotatable bonds is 10. The molecule has 41 heavy (non-hydrogen) atoms. The Morgan fingerprint density at radius 2 is 1.37 bits per heavy atom. The van der Waals surface area contributed by atoms with Crippen molar-refractivity contribution < 1.29 is 19.3 Å². The van der Waals surface area contributed by atoms with Gasteiger partial charge in [0, 0.05) is 34.0 Å². The first kappa shape index (κ1) is 28.8. The SMILES string of the molecule is CC(Sc1ccc(NC(=O)/C(=C/c2ccc([N+](=O)[O-])cc2)NC(=O)c2ccccc2)cc1)C(=O)Nc1ccccc1. The lowest BCUT2D eigenvalue weighted by atomic mass is 10.1. The van der Waals surface area contributed by atoms with Crippen LogP contribution in [0.25, 0.3) is 6.08 Å². The largest absolute Gasteiger partial charge is 0.325 e. The number of thioether (sulfide) groups is 1. The molecule has 0 saturated heterocycles. The Morgan fingerprint density at radius 1 is 0.780 bits per heavy atom. The number of carbonyl (C=O) groups excluding carboxylic acids is 3. The highest BCUT2D eigenvalue weighted by Gasteiger charge is 2.17. The van der Waals surface area contributed by atoms with E-state index in [4.69, 9.17) is 0 Å². The molecule has 206 valence electrons. The topological polar surface area (TPSA) is 130 Å². The number of nitrogens with zero attached hydrogens (tertiary/aromatic N) is 1. The standard InChI is InChI=1S/C31H26N4O5S/c1-21(29(36)32-24-10-6-3-7-11-24)41-27-18-14-25(15-19-27)33-31(38)28(34-30(37)23-8-4-2-5-9-23)20-22-12-16-26(17-13-22)35(39)40/h2-21H,1H3,(H,32,36)(H,33,38)(H,34,37)/b28-20-. The van der Waals surface area contributed by atoms with Crippen LogP contribution in [0.15, 0.2) is 120 Å². The lowest BCUT2D eigenvalue weighted by Crippen LogP contribution is -2.30. The number of hydrogen-bond donors (Lipinski definition) is 3. The molecule has 0 bridgehead atoms. The first-order valence-corrected chi connectivity index (χ1v) is 13.4. The third-order valence-electron chi connectivity index (χ3n) is 5.78. The van der Waals surface area contributed by atoms with Gasteiger partial charge in [-0.25, -0.2) is 0 Å². The summed E-state index contributed by atoms with van der Waals surface area (Å²) >= 11 is 1.37.